The first-order valence-electron chi connectivity index (χ1n) is 10.6. The highest BCUT2D eigenvalue weighted by atomic mass is 79.9. The van der Waals surface area contributed by atoms with E-state index in [1.54, 1.807) is 6.92 Å². The van der Waals surface area contributed by atoms with Crippen LogP contribution in [-0.2, 0) is 14.3 Å². The smallest absolute Gasteiger partial charge is 0.311 e. The number of ether oxygens (including phenoxy) is 1. The molecule has 5 nitrogen and oxygen atoms in total. The number of rotatable bonds is 5. The van der Waals surface area contributed by atoms with Crippen molar-refractivity contribution < 1.29 is 19.4 Å². The molecule has 0 radical (unpaired) electrons. The molecule has 0 atom stereocenters. The normalized spacial score (nSPS) is 35.7. The summed E-state index contributed by atoms with van der Waals surface area (Å²) in [7, 11) is 1.48. The molecule has 5 rings (SSSR count). The van der Waals surface area contributed by atoms with Crippen LogP contribution in [0.4, 0.5) is 5.69 Å². The number of halogens is 1. The van der Waals surface area contributed by atoms with Crippen LogP contribution in [0.1, 0.15) is 58.3 Å². The molecule has 0 spiro atoms. The van der Waals surface area contributed by atoms with Crippen molar-refractivity contribution in [3.8, 4) is 0 Å². The van der Waals surface area contributed by atoms with Gasteiger partial charge in [-0.1, -0.05) is 22.0 Å². The minimum Gasteiger partial charge on any atom is -0.469 e. The Labute approximate surface area is 180 Å². The highest BCUT2D eigenvalue weighted by molar-refractivity contribution is 9.10. The molecule has 0 heterocycles. The first-order valence-corrected chi connectivity index (χ1v) is 11.3. The molecule has 29 heavy (non-hydrogen) atoms. The van der Waals surface area contributed by atoms with Crippen molar-refractivity contribution in [3.05, 3.63) is 28.7 Å². The van der Waals surface area contributed by atoms with E-state index in [4.69, 9.17) is 4.74 Å². The number of esters is 1. The molecule has 0 saturated heterocycles. The van der Waals surface area contributed by atoms with Gasteiger partial charge in [0, 0.05) is 22.6 Å². The van der Waals surface area contributed by atoms with Gasteiger partial charge in [0.25, 0.3) is 0 Å². The van der Waals surface area contributed by atoms with Crippen LogP contribution in [0.3, 0.4) is 0 Å². The van der Waals surface area contributed by atoms with Gasteiger partial charge in [-0.15, -0.1) is 0 Å². The summed E-state index contributed by atoms with van der Waals surface area (Å²) in [6.45, 7) is 2.48. The minimum absolute atomic E-state index is 0.0556. The van der Waals surface area contributed by atoms with E-state index in [-0.39, 0.29) is 28.6 Å². The van der Waals surface area contributed by atoms with Gasteiger partial charge in [0.05, 0.1) is 18.1 Å². The molecule has 4 fully saturated rings. The Balaban J connectivity index is 1.55. The van der Waals surface area contributed by atoms with Crippen LogP contribution in [0, 0.1) is 16.7 Å². The van der Waals surface area contributed by atoms with Gasteiger partial charge in [-0.05, 0) is 81.9 Å². The summed E-state index contributed by atoms with van der Waals surface area (Å²) < 4.78 is 6.03. The number of carbonyl (C=O) groups excluding carboxylic acids is 2. The second kappa shape index (κ2) is 7.38. The SMILES string of the molecule is COC(=O)C12CCC(CN(c3cccc(Br)c3)C(=O)[C@H]3C[C@@](C)(O)C3)(CC1)CC2. The molecule has 1 amide bonds. The third kappa shape index (κ3) is 3.86. The Morgan fingerprint density at radius 3 is 2.31 bits per heavy atom. The monoisotopic (exact) mass is 463 g/mol. The number of amides is 1. The minimum atomic E-state index is -0.725. The molecule has 4 saturated carbocycles. The van der Waals surface area contributed by atoms with Crippen molar-refractivity contribution in [2.24, 2.45) is 16.7 Å². The van der Waals surface area contributed by atoms with Gasteiger partial charge in [0.1, 0.15) is 0 Å². The third-order valence-electron chi connectivity index (χ3n) is 7.62. The van der Waals surface area contributed by atoms with E-state index < -0.39 is 5.60 Å². The predicted molar refractivity (Wildman–Crippen MR) is 114 cm³/mol. The molecule has 158 valence electrons. The summed E-state index contributed by atoms with van der Waals surface area (Å²) >= 11 is 3.53. The Kier molecular flexibility index (Phi) is 5.31. The molecule has 6 heteroatoms. The zero-order valence-electron chi connectivity index (χ0n) is 17.2. The second-order valence-electron chi connectivity index (χ2n) is 9.78. The van der Waals surface area contributed by atoms with Crippen molar-refractivity contribution in [1.29, 1.82) is 0 Å². The number of fused-ring (bicyclic) bond motifs is 3. The van der Waals surface area contributed by atoms with Crippen molar-refractivity contribution >= 4 is 33.5 Å². The van der Waals surface area contributed by atoms with Gasteiger partial charge < -0.3 is 14.7 Å². The van der Waals surface area contributed by atoms with Gasteiger partial charge in [-0.3, -0.25) is 9.59 Å². The summed E-state index contributed by atoms with van der Waals surface area (Å²) in [4.78, 5) is 27.7. The Morgan fingerprint density at radius 2 is 1.79 bits per heavy atom. The Bertz CT molecular complexity index is 788. The molecule has 2 bridgehead atoms. The fourth-order valence-electron chi connectivity index (χ4n) is 5.70. The fourth-order valence-corrected chi connectivity index (χ4v) is 6.08. The molecule has 1 aromatic rings. The highest BCUT2D eigenvalue weighted by Crippen LogP contribution is 2.58. The molecule has 0 unspecified atom stereocenters. The lowest BCUT2D eigenvalue weighted by atomic mass is 9.53. The van der Waals surface area contributed by atoms with Crippen LogP contribution in [0.5, 0.6) is 0 Å². The number of benzene rings is 1. The maximum absolute atomic E-state index is 13.4. The van der Waals surface area contributed by atoms with Crippen molar-refractivity contribution in [3.63, 3.8) is 0 Å². The zero-order chi connectivity index (χ0) is 20.9. The van der Waals surface area contributed by atoms with Crippen LogP contribution < -0.4 is 4.90 Å². The molecule has 1 aromatic carbocycles. The number of anilines is 1. The molecule has 0 aromatic heterocycles. The predicted octanol–water partition coefficient (Wildman–Crippen LogP) is 4.46. The van der Waals surface area contributed by atoms with Gasteiger partial charge in [0.15, 0.2) is 0 Å². The van der Waals surface area contributed by atoms with Gasteiger partial charge >= 0.3 is 5.97 Å². The number of nitrogens with zero attached hydrogens (tertiary/aromatic N) is 1. The van der Waals surface area contributed by atoms with Crippen LogP contribution in [0.2, 0.25) is 0 Å². The van der Waals surface area contributed by atoms with Gasteiger partial charge in [-0.25, -0.2) is 0 Å². The number of hydrogen-bond acceptors (Lipinski definition) is 4. The quantitative estimate of drug-likeness (QED) is 0.654. The number of aliphatic hydroxyl groups is 1. The molecule has 4 aliphatic rings. The van der Waals surface area contributed by atoms with E-state index >= 15 is 0 Å². The van der Waals surface area contributed by atoms with Crippen LogP contribution in [0.25, 0.3) is 0 Å². The summed E-state index contributed by atoms with van der Waals surface area (Å²) in [6, 6.07) is 7.90. The average Bonchev–Trinajstić information content (AvgIpc) is 2.70. The lowest BCUT2D eigenvalue weighted by Crippen LogP contribution is -2.55. The first-order chi connectivity index (χ1) is 13.7. The van der Waals surface area contributed by atoms with E-state index in [0.29, 0.717) is 19.4 Å². The van der Waals surface area contributed by atoms with Crippen molar-refractivity contribution in [2.45, 2.75) is 63.9 Å². The summed E-state index contributed by atoms with van der Waals surface area (Å²) in [5, 5.41) is 10.1. The molecule has 0 aliphatic heterocycles. The molecule has 4 aliphatic carbocycles. The number of carbonyl (C=O) groups is 2. The zero-order valence-corrected chi connectivity index (χ0v) is 18.8. The maximum Gasteiger partial charge on any atom is 0.311 e. The topological polar surface area (TPSA) is 66.8 Å². The lowest BCUT2D eigenvalue weighted by Gasteiger charge is -2.53. The van der Waals surface area contributed by atoms with Crippen LogP contribution in [0.15, 0.2) is 28.7 Å². The van der Waals surface area contributed by atoms with Crippen LogP contribution >= 0.6 is 15.9 Å². The van der Waals surface area contributed by atoms with Crippen molar-refractivity contribution in [1.82, 2.24) is 0 Å². The lowest BCUT2D eigenvalue weighted by molar-refractivity contribution is -0.162. The molecular weight excluding hydrogens is 434 g/mol. The number of methoxy groups -OCH3 is 1. The Morgan fingerprint density at radius 1 is 1.17 bits per heavy atom. The largest absolute Gasteiger partial charge is 0.469 e. The fraction of sp³-hybridized carbons (Fsp3) is 0.652. The maximum atomic E-state index is 13.4. The van der Waals surface area contributed by atoms with Crippen molar-refractivity contribution in [2.75, 3.05) is 18.6 Å². The Hall–Kier alpha value is -1.40. The number of hydrogen-bond donors (Lipinski definition) is 1. The average molecular weight is 464 g/mol. The summed E-state index contributed by atoms with van der Waals surface area (Å²) in [5.41, 5.74) is -0.0776. The van der Waals surface area contributed by atoms with Crippen LogP contribution in [-0.4, -0.2) is 36.2 Å². The van der Waals surface area contributed by atoms with Gasteiger partial charge in [-0.2, -0.15) is 0 Å². The van der Waals surface area contributed by atoms with E-state index in [1.807, 2.05) is 29.2 Å². The van der Waals surface area contributed by atoms with E-state index in [1.165, 1.54) is 7.11 Å². The highest BCUT2D eigenvalue weighted by Gasteiger charge is 2.54. The summed E-state index contributed by atoms with van der Waals surface area (Å²) in [6.07, 6.45) is 6.42. The molecular formula is C23H30BrNO4. The molecule has 1 N–H and O–H groups in total. The van der Waals surface area contributed by atoms with E-state index in [9.17, 15) is 14.7 Å². The van der Waals surface area contributed by atoms with E-state index in [2.05, 4.69) is 15.9 Å². The third-order valence-corrected chi connectivity index (χ3v) is 8.11. The van der Waals surface area contributed by atoms with Gasteiger partial charge in [0.2, 0.25) is 5.91 Å². The standard InChI is InChI=1S/C23H30BrNO4/c1-21(28)13-16(14-21)19(26)25(18-5-3-4-17(24)12-18)15-22-6-9-23(10-7-22,11-8-22)20(27)29-2/h3-5,12,16,28H,6-11,13-15H2,1-2H3/t16-,21+,22?,23?. The second-order valence-corrected chi connectivity index (χ2v) is 10.7. The summed E-state index contributed by atoms with van der Waals surface area (Å²) in [5.74, 6) is -0.0801. The van der Waals surface area contributed by atoms with E-state index in [0.717, 1.165) is 48.7 Å². The first kappa shape index (κ1) is 20.9.